The van der Waals surface area contributed by atoms with Gasteiger partial charge in [0.1, 0.15) is 12.1 Å². The summed E-state index contributed by atoms with van der Waals surface area (Å²) in [6, 6.07) is 6.30. The van der Waals surface area contributed by atoms with E-state index in [0.29, 0.717) is 11.5 Å². The van der Waals surface area contributed by atoms with Crippen LogP contribution in [0.1, 0.15) is 5.69 Å². The zero-order valence-electron chi connectivity index (χ0n) is 13.1. The van der Waals surface area contributed by atoms with Crippen molar-refractivity contribution in [2.75, 3.05) is 31.1 Å². The van der Waals surface area contributed by atoms with E-state index in [2.05, 4.69) is 19.8 Å². The number of halogens is 1. The van der Waals surface area contributed by atoms with Crippen LogP contribution in [-0.2, 0) is 6.54 Å². The Morgan fingerprint density at radius 2 is 2.08 bits per heavy atom. The Morgan fingerprint density at radius 1 is 1.21 bits per heavy atom. The van der Waals surface area contributed by atoms with E-state index in [9.17, 15) is 4.39 Å². The molecule has 0 saturated carbocycles. The van der Waals surface area contributed by atoms with Crippen LogP contribution >= 0.6 is 11.3 Å². The summed E-state index contributed by atoms with van der Waals surface area (Å²) >= 11 is 1.68. The van der Waals surface area contributed by atoms with Gasteiger partial charge in [0.25, 0.3) is 0 Å². The molecule has 0 atom stereocenters. The number of nitrogens with zero attached hydrogens (tertiary/aromatic N) is 4. The lowest BCUT2D eigenvalue weighted by molar-refractivity contribution is 0.247. The van der Waals surface area contributed by atoms with Crippen molar-refractivity contribution < 1.29 is 8.81 Å². The number of hydrogen-bond acceptors (Lipinski definition) is 6. The van der Waals surface area contributed by atoms with Crippen molar-refractivity contribution in [3.63, 3.8) is 0 Å². The van der Waals surface area contributed by atoms with E-state index in [4.69, 9.17) is 4.42 Å². The maximum absolute atomic E-state index is 13.3. The normalized spacial score (nSPS) is 15.8. The summed E-state index contributed by atoms with van der Waals surface area (Å²) in [5, 5.41) is 3.09. The summed E-state index contributed by atoms with van der Waals surface area (Å²) in [5.41, 5.74) is 1.53. The number of piperazine rings is 1. The molecule has 2 aromatic heterocycles. The van der Waals surface area contributed by atoms with Crippen LogP contribution in [0.15, 0.2) is 46.5 Å². The molecule has 3 heterocycles. The van der Waals surface area contributed by atoms with Gasteiger partial charge in [0.15, 0.2) is 5.13 Å². The Hall–Kier alpha value is -2.25. The van der Waals surface area contributed by atoms with E-state index in [-0.39, 0.29) is 5.82 Å². The van der Waals surface area contributed by atoms with E-state index in [1.165, 1.54) is 12.1 Å². The van der Waals surface area contributed by atoms with Gasteiger partial charge in [-0.1, -0.05) is 6.07 Å². The van der Waals surface area contributed by atoms with E-state index >= 15 is 0 Å². The van der Waals surface area contributed by atoms with Gasteiger partial charge in [-0.3, -0.25) is 4.90 Å². The SMILES string of the molecule is Fc1cccc(-c2nc(CN3CCN(c4nccs4)CC3)co2)c1. The first-order valence-electron chi connectivity index (χ1n) is 7.85. The molecule has 0 amide bonds. The molecule has 7 heteroatoms. The summed E-state index contributed by atoms with van der Waals surface area (Å²) < 4.78 is 18.8. The number of anilines is 1. The van der Waals surface area contributed by atoms with Crippen LogP contribution in [0.25, 0.3) is 11.5 Å². The number of thiazole rings is 1. The van der Waals surface area contributed by atoms with Crippen molar-refractivity contribution in [2.24, 2.45) is 0 Å². The number of aromatic nitrogens is 2. The van der Waals surface area contributed by atoms with Crippen molar-refractivity contribution in [3.8, 4) is 11.5 Å². The fourth-order valence-corrected chi connectivity index (χ4v) is 3.53. The first-order chi connectivity index (χ1) is 11.8. The van der Waals surface area contributed by atoms with Crippen LogP contribution in [0.3, 0.4) is 0 Å². The summed E-state index contributed by atoms with van der Waals surface area (Å²) in [6.07, 6.45) is 3.50. The molecule has 1 fully saturated rings. The molecular weight excluding hydrogens is 327 g/mol. The molecule has 4 rings (SSSR count). The second-order valence-electron chi connectivity index (χ2n) is 5.73. The van der Waals surface area contributed by atoms with E-state index < -0.39 is 0 Å². The predicted molar refractivity (Wildman–Crippen MR) is 91.5 cm³/mol. The van der Waals surface area contributed by atoms with Crippen molar-refractivity contribution in [3.05, 3.63) is 53.6 Å². The van der Waals surface area contributed by atoms with Crippen LogP contribution in [0.4, 0.5) is 9.52 Å². The van der Waals surface area contributed by atoms with Gasteiger partial charge in [-0.25, -0.2) is 14.4 Å². The van der Waals surface area contributed by atoms with Gasteiger partial charge in [-0.15, -0.1) is 11.3 Å². The van der Waals surface area contributed by atoms with Gasteiger partial charge >= 0.3 is 0 Å². The first kappa shape index (κ1) is 15.3. The highest BCUT2D eigenvalue weighted by atomic mass is 32.1. The van der Waals surface area contributed by atoms with E-state index in [0.717, 1.165) is 43.5 Å². The monoisotopic (exact) mass is 344 g/mol. The summed E-state index contributed by atoms with van der Waals surface area (Å²) in [6.45, 7) is 4.58. The molecule has 0 aliphatic carbocycles. The molecular formula is C17H17FN4OS. The Morgan fingerprint density at radius 3 is 2.83 bits per heavy atom. The molecule has 3 aromatic rings. The fourth-order valence-electron chi connectivity index (χ4n) is 2.83. The topological polar surface area (TPSA) is 45.4 Å². The standard InChI is InChI=1S/C17H17FN4OS/c18-14-3-1-2-13(10-14)16-20-15(12-23-16)11-21-5-7-22(8-6-21)17-19-4-9-24-17/h1-4,9-10,12H,5-8,11H2. The summed E-state index contributed by atoms with van der Waals surface area (Å²) in [7, 11) is 0. The third-order valence-corrected chi connectivity index (χ3v) is 4.90. The van der Waals surface area contributed by atoms with E-state index in [1.54, 1.807) is 29.7 Å². The van der Waals surface area contributed by atoms with E-state index in [1.807, 2.05) is 11.6 Å². The molecule has 1 aromatic carbocycles. The van der Waals surface area contributed by atoms with Crippen molar-refractivity contribution in [2.45, 2.75) is 6.54 Å². The minimum Gasteiger partial charge on any atom is -0.444 e. The van der Waals surface area contributed by atoms with Gasteiger partial charge in [-0.2, -0.15) is 0 Å². The second-order valence-corrected chi connectivity index (χ2v) is 6.61. The lowest BCUT2D eigenvalue weighted by Gasteiger charge is -2.34. The maximum Gasteiger partial charge on any atom is 0.226 e. The lowest BCUT2D eigenvalue weighted by Crippen LogP contribution is -2.45. The summed E-state index contributed by atoms with van der Waals surface area (Å²) in [5.74, 6) is 0.177. The molecule has 1 aliphatic rings. The largest absolute Gasteiger partial charge is 0.444 e. The molecule has 0 spiro atoms. The first-order valence-corrected chi connectivity index (χ1v) is 8.73. The van der Waals surface area contributed by atoms with Crippen molar-refractivity contribution in [1.29, 1.82) is 0 Å². The smallest absolute Gasteiger partial charge is 0.226 e. The Balaban J connectivity index is 1.37. The highest BCUT2D eigenvalue weighted by Gasteiger charge is 2.20. The minimum atomic E-state index is -0.287. The van der Waals surface area contributed by atoms with Crippen LogP contribution < -0.4 is 4.90 Å². The molecule has 24 heavy (non-hydrogen) atoms. The Bertz CT molecular complexity index is 797. The van der Waals surface area contributed by atoms with Crippen LogP contribution in [-0.4, -0.2) is 41.0 Å². The lowest BCUT2D eigenvalue weighted by atomic mass is 10.2. The van der Waals surface area contributed by atoms with Crippen LogP contribution in [0, 0.1) is 5.82 Å². The number of rotatable bonds is 4. The van der Waals surface area contributed by atoms with Crippen LogP contribution in [0.2, 0.25) is 0 Å². The minimum absolute atomic E-state index is 0.287. The van der Waals surface area contributed by atoms with Crippen LogP contribution in [0.5, 0.6) is 0 Å². The molecule has 0 radical (unpaired) electrons. The molecule has 0 N–H and O–H groups in total. The molecule has 0 unspecified atom stereocenters. The van der Waals surface area contributed by atoms with Gasteiger partial charge < -0.3 is 9.32 Å². The molecule has 1 saturated heterocycles. The summed E-state index contributed by atoms with van der Waals surface area (Å²) in [4.78, 5) is 13.5. The number of hydrogen-bond donors (Lipinski definition) is 0. The highest BCUT2D eigenvalue weighted by molar-refractivity contribution is 7.13. The Kier molecular flexibility index (Phi) is 4.27. The second kappa shape index (κ2) is 6.70. The maximum atomic E-state index is 13.3. The van der Waals surface area contributed by atoms with Crippen molar-refractivity contribution >= 4 is 16.5 Å². The molecule has 0 bridgehead atoms. The fraction of sp³-hybridized carbons (Fsp3) is 0.294. The molecule has 1 aliphatic heterocycles. The van der Waals surface area contributed by atoms with Gasteiger partial charge in [0, 0.05) is 49.9 Å². The number of oxazole rings is 1. The zero-order chi connectivity index (χ0) is 16.4. The van der Waals surface area contributed by atoms with Crippen molar-refractivity contribution in [1.82, 2.24) is 14.9 Å². The highest BCUT2D eigenvalue weighted by Crippen LogP contribution is 2.22. The Labute approximate surface area is 143 Å². The average molecular weight is 344 g/mol. The van der Waals surface area contributed by atoms with Gasteiger partial charge in [0.05, 0.1) is 5.69 Å². The predicted octanol–water partition coefficient (Wildman–Crippen LogP) is 3.26. The third kappa shape index (κ3) is 3.32. The molecule has 124 valence electrons. The van der Waals surface area contributed by atoms with Gasteiger partial charge in [0.2, 0.25) is 5.89 Å². The zero-order valence-corrected chi connectivity index (χ0v) is 13.9. The third-order valence-electron chi connectivity index (χ3n) is 4.07. The van der Waals surface area contributed by atoms with Gasteiger partial charge in [-0.05, 0) is 18.2 Å². The average Bonchev–Trinajstić information content (AvgIpc) is 3.27. The molecule has 5 nitrogen and oxygen atoms in total. The number of benzene rings is 1. The quantitative estimate of drug-likeness (QED) is 0.727.